The topological polar surface area (TPSA) is 41.1 Å². The Labute approximate surface area is 105 Å². The molecule has 0 heterocycles. The molecule has 2 N–H and O–H groups in total. The normalized spacial score (nSPS) is 10.1. The number of para-hydroxylation sites is 1. The fourth-order valence-electron chi connectivity index (χ4n) is 1.49. The number of benzene rings is 2. The monoisotopic (exact) mass is 244 g/mol. The van der Waals surface area contributed by atoms with Crippen LogP contribution in [0.3, 0.4) is 0 Å². The molecule has 18 heavy (non-hydrogen) atoms. The van der Waals surface area contributed by atoms with Crippen molar-refractivity contribution in [2.24, 2.45) is 0 Å². The third kappa shape index (κ3) is 3.40. The first-order valence-corrected chi connectivity index (χ1v) is 5.58. The number of carbonyl (C=O) groups excluding carboxylic acids is 1. The van der Waals surface area contributed by atoms with E-state index in [0.29, 0.717) is 5.56 Å². The maximum Gasteiger partial charge on any atom is 0.178 e. The number of nitrogens with one attached hydrogen (secondary N) is 2. The Hall–Kier alpha value is -2.20. The lowest BCUT2D eigenvalue weighted by Gasteiger charge is -2.07. The fraction of sp³-hybridized carbons (Fsp3) is 0.0714. The number of ketones is 1. The second-order valence-corrected chi connectivity index (χ2v) is 3.77. The van der Waals surface area contributed by atoms with Gasteiger partial charge in [-0.05, 0) is 36.4 Å². The minimum absolute atomic E-state index is 0.0987. The summed E-state index contributed by atoms with van der Waals surface area (Å²) in [4.78, 5) is 11.7. The summed E-state index contributed by atoms with van der Waals surface area (Å²) in [5.74, 6) is -0.444. The van der Waals surface area contributed by atoms with Gasteiger partial charge in [0.15, 0.2) is 5.78 Å². The van der Waals surface area contributed by atoms with Crippen LogP contribution in [0.4, 0.5) is 10.1 Å². The smallest absolute Gasteiger partial charge is 0.178 e. The molecule has 0 spiro atoms. The molecule has 0 unspecified atom stereocenters. The highest BCUT2D eigenvalue weighted by atomic mass is 19.1. The van der Waals surface area contributed by atoms with Gasteiger partial charge in [-0.15, -0.1) is 0 Å². The second kappa shape index (κ2) is 5.93. The quantitative estimate of drug-likeness (QED) is 0.627. The molecular weight excluding hydrogens is 231 g/mol. The van der Waals surface area contributed by atoms with Crippen LogP contribution < -0.4 is 10.9 Å². The van der Waals surface area contributed by atoms with Crippen LogP contribution in [0.5, 0.6) is 0 Å². The van der Waals surface area contributed by atoms with Gasteiger partial charge in [0.25, 0.3) is 0 Å². The van der Waals surface area contributed by atoms with Crippen LogP contribution in [0.25, 0.3) is 0 Å². The number of halogens is 1. The molecule has 0 aromatic heterocycles. The maximum atomic E-state index is 12.7. The van der Waals surface area contributed by atoms with Crippen molar-refractivity contribution in [3.8, 4) is 0 Å². The van der Waals surface area contributed by atoms with Gasteiger partial charge in [0.2, 0.25) is 0 Å². The molecule has 4 heteroatoms. The Morgan fingerprint density at radius 3 is 2.33 bits per heavy atom. The van der Waals surface area contributed by atoms with Gasteiger partial charge in [0, 0.05) is 11.3 Å². The SMILES string of the molecule is O=C(CNNc1ccccc1)c1ccc(F)cc1. The van der Waals surface area contributed by atoms with E-state index in [9.17, 15) is 9.18 Å². The first-order valence-electron chi connectivity index (χ1n) is 5.58. The Balaban J connectivity index is 1.84. The molecular formula is C14H13FN2O. The van der Waals surface area contributed by atoms with E-state index in [-0.39, 0.29) is 18.1 Å². The number of rotatable bonds is 5. The molecule has 0 fully saturated rings. The van der Waals surface area contributed by atoms with Crippen LogP contribution in [0.15, 0.2) is 54.6 Å². The standard InChI is InChI=1S/C14H13FN2O/c15-12-8-6-11(7-9-12)14(18)10-16-17-13-4-2-1-3-5-13/h1-9,16-17H,10H2. The van der Waals surface area contributed by atoms with Crippen LogP contribution >= 0.6 is 0 Å². The van der Waals surface area contributed by atoms with Crippen molar-refractivity contribution in [1.29, 1.82) is 0 Å². The molecule has 0 aliphatic carbocycles. The summed E-state index contributed by atoms with van der Waals surface area (Å²) in [7, 11) is 0. The Morgan fingerprint density at radius 1 is 1.00 bits per heavy atom. The van der Waals surface area contributed by atoms with Gasteiger partial charge in [-0.2, -0.15) is 0 Å². The average Bonchev–Trinajstić information content (AvgIpc) is 2.40. The lowest BCUT2D eigenvalue weighted by molar-refractivity contribution is 0.0993. The minimum atomic E-state index is -0.345. The van der Waals surface area contributed by atoms with Crippen molar-refractivity contribution in [3.05, 3.63) is 66.0 Å². The molecule has 0 aliphatic heterocycles. The molecule has 0 radical (unpaired) electrons. The number of hydrogen-bond donors (Lipinski definition) is 2. The summed E-state index contributed by atoms with van der Waals surface area (Å²) in [5, 5.41) is 0. The predicted molar refractivity (Wildman–Crippen MR) is 68.8 cm³/mol. The Morgan fingerprint density at radius 2 is 1.67 bits per heavy atom. The molecule has 0 saturated heterocycles. The molecule has 92 valence electrons. The average molecular weight is 244 g/mol. The van der Waals surface area contributed by atoms with Gasteiger partial charge in [-0.3, -0.25) is 4.79 Å². The maximum absolute atomic E-state index is 12.7. The van der Waals surface area contributed by atoms with E-state index >= 15 is 0 Å². The van der Waals surface area contributed by atoms with Crippen molar-refractivity contribution in [2.75, 3.05) is 12.0 Å². The van der Waals surface area contributed by atoms with Crippen LogP contribution in [0.1, 0.15) is 10.4 Å². The molecule has 0 aliphatic rings. The van der Waals surface area contributed by atoms with E-state index in [1.165, 1.54) is 24.3 Å². The third-order valence-electron chi connectivity index (χ3n) is 2.42. The summed E-state index contributed by atoms with van der Waals surface area (Å²) in [6, 6.07) is 15.0. The molecule has 0 bridgehead atoms. The van der Waals surface area contributed by atoms with Crippen molar-refractivity contribution in [2.45, 2.75) is 0 Å². The summed E-state index contributed by atoms with van der Waals surface area (Å²) < 4.78 is 12.7. The fourth-order valence-corrected chi connectivity index (χ4v) is 1.49. The first kappa shape index (κ1) is 12.3. The van der Waals surface area contributed by atoms with Crippen LogP contribution in [-0.4, -0.2) is 12.3 Å². The minimum Gasteiger partial charge on any atom is -0.321 e. The highest BCUT2D eigenvalue weighted by Crippen LogP contribution is 2.04. The van der Waals surface area contributed by atoms with E-state index in [4.69, 9.17) is 0 Å². The first-order chi connectivity index (χ1) is 8.75. The zero-order valence-electron chi connectivity index (χ0n) is 9.69. The molecule has 2 rings (SSSR count). The second-order valence-electron chi connectivity index (χ2n) is 3.77. The van der Waals surface area contributed by atoms with Crippen molar-refractivity contribution in [1.82, 2.24) is 5.43 Å². The third-order valence-corrected chi connectivity index (χ3v) is 2.42. The van der Waals surface area contributed by atoms with E-state index in [1.54, 1.807) is 0 Å². The Kier molecular flexibility index (Phi) is 4.04. The van der Waals surface area contributed by atoms with Crippen molar-refractivity contribution >= 4 is 11.5 Å². The van der Waals surface area contributed by atoms with Gasteiger partial charge in [0.1, 0.15) is 5.82 Å². The lowest BCUT2D eigenvalue weighted by atomic mass is 10.1. The van der Waals surface area contributed by atoms with Crippen LogP contribution in [0, 0.1) is 5.82 Å². The molecule has 3 nitrogen and oxygen atoms in total. The van der Waals surface area contributed by atoms with Gasteiger partial charge in [0.05, 0.1) is 6.54 Å². The molecule has 0 saturated carbocycles. The van der Waals surface area contributed by atoms with E-state index in [0.717, 1.165) is 5.69 Å². The highest BCUT2D eigenvalue weighted by molar-refractivity contribution is 5.97. The molecule has 2 aromatic carbocycles. The van der Waals surface area contributed by atoms with Gasteiger partial charge >= 0.3 is 0 Å². The van der Waals surface area contributed by atoms with Crippen molar-refractivity contribution in [3.63, 3.8) is 0 Å². The summed E-state index contributed by atoms with van der Waals surface area (Å²) >= 11 is 0. The number of Topliss-reactive ketones (excluding diaryl/α,β-unsaturated/α-hetero) is 1. The van der Waals surface area contributed by atoms with E-state index in [1.807, 2.05) is 30.3 Å². The summed E-state index contributed by atoms with van der Waals surface area (Å²) in [5.41, 5.74) is 7.10. The number of carbonyl (C=O) groups is 1. The van der Waals surface area contributed by atoms with Crippen LogP contribution in [-0.2, 0) is 0 Å². The number of anilines is 1. The molecule has 2 aromatic rings. The zero-order chi connectivity index (χ0) is 12.8. The largest absolute Gasteiger partial charge is 0.321 e. The van der Waals surface area contributed by atoms with Crippen LogP contribution in [0.2, 0.25) is 0 Å². The van der Waals surface area contributed by atoms with Gasteiger partial charge in [-0.1, -0.05) is 18.2 Å². The molecule has 0 amide bonds. The van der Waals surface area contributed by atoms with E-state index < -0.39 is 0 Å². The molecule has 0 atom stereocenters. The number of hydrazine groups is 1. The summed E-state index contributed by atoms with van der Waals surface area (Å²) in [6.07, 6.45) is 0. The van der Waals surface area contributed by atoms with E-state index in [2.05, 4.69) is 10.9 Å². The summed E-state index contributed by atoms with van der Waals surface area (Å²) in [6.45, 7) is 0.139. The predicted octanol–water partition coefficient (Wildman–Crippen LogP) is 2.63. The zero-order valence-corrected chi connectivity index (χ0v) is 9.69. The number of hydrogen-bond acceptors (Lipinski definition) is 3. The Bertz CT molecular complexity index is 511. The van der Waals surface area contributed by atoms with Crippen molar-refractivity contribution < 1.29 is 9.18 Å². The van der Waals surface area contributed by atoms with Gasteiger partial charge < -0.3 is 5.43 Å². The van der Waals surface area contributed by atoms with Gasteiger partial charge in [-0.25, -0.2) is 9.82 Å². The highest BCUT2D eigenvalue weighted by Gasteiger charge is 2.04. The lowest BCUT2D eigenvalue weighted by Crippen LogP contribution is -2.28.